The fourth-order valence-corrected chi connectivity index (χ4v) is 3.58. The minimum atomic E-state index is -0.283. The topological polar surface area (TPSA) is 50.5 Å². The van der Waals surface area contributed by atoms with Crippen LogP contribution in [0, 0.1) is 5.82 Å². The first kappa shape index (κ1) is 18.7. The normalized spacial score (nSPS) is 16.7. The van der Waals surface area contributed by atoms with Crippen LogP contribution in [-0.2, 0) is 17.8 Å². The van der Waals surface area contributed by atoms with Crippen LogP contribution in [0.1, 0.15) is 24.1 Å². The highest BCUT2D eigenvalue weighted by Gasteiger charge is 2.21. The van der Waals surface area contributed by atoms with E-state index in [-0.39, 0.29) is 11.9 Å². The summed E-state index contributed by atoms with van der Waals surface area (Å²) in [4.78, 5) is 2.24. The van der Waals surface area contributed by atoms with Crippen LogP contribution in [0.5, 0.6) is 5.75 Å². The molecule has 6 heteroatoms. The Labute approximate surface area is 164 Å². The van der Waals surface area contributed by atoms with E-state index in [4.69, 9.17) is 4.74 Å². The van der Waals surface area contributed by atoms with E-state index in [1.807, 2.05) is 36.5 Å². The van der Waals surface area contributed by atoms with E-state index in [9.17, 15) is 9.50 Å². The number of halogens is 1. The predicted molar refractivity (Wildman–Crippen MR) is 105 cm³/mol. The van der Waals surface area contributed by atoms with Crippen LogP contribution in [0.3, 0.4) is 0 Å². The van der Waals surface area contributed by atoms with Crippen LogP contribution in [0.4, 0.5) is 4.39 Å². The molecule has 1 aromatic heterocycles. The summed E-state index contributed by atoms with van der Waals surface area (Å²) in [6.07, 6.45) is 4.18. The maximum Gasteiger partial charge on any atom is 0.125 e. The summed E-state index contributed by atoms with van der Waals surface area (Å²) in [5.41, 5.74) is 2.46. The van der Waals surface area contributed by atoms with E-state index >= 15 is 0 Å². The molecule has 2 aromatic carbocycles. The highest BCUT2D eigenvalue weighted by atomic mass is 19.1. The second-order valence-electron chi connectivity index (χ2n) is 7.16. The highest BCUT2D eigenvalue weighted by molar-refractivity contribution is 5.32. The largest absolute Gasteiger partial charge is 0.508 e. The number of hydrogen-bond acceptors (Lipinski definition) is 4. The first-order valence-corrected chi connectivity index (χ1v) is 9.59. The summed E-state index contributed by atoms with van der Waals surface area (Å²) in [6, 6.07) is 15.7. The lowest BCUT2D eigenvalue weighted by molar-refractivity contribution is 0.0671. The Morgan fingerprint density at radius 3 is 2.82 bits per heavy atom. The van der Waals surface area contributed by atoms with Crippen molar-refractivity contribution in [2.45, 2.75) is 32.0 Å². The van der Waals surface area contributed by atoms with E-state index in [1.165, 1.54) is 12.1 Å². The van der Waals surface area contributed by atoms with Crippen LogP contribution in [0.15, 0.2) is 60.8 Å². The number of phenolic OH excluding ortho intramolecular Hbond substituents is 1. The molecule has 0 radical (unpaired) electrons. The SMILES string of the molecule is Oc1ccccc1CN(Cc1ccn(-c2cccc(F)c2)n1)CC1CCCO1. The zero-order chi connectivity index (χ0) is 19.3. The zero-order valence-electron chi connectivity index (χ0n) is 15.7. The molecule has 1 N–H and O–H groups in total. The van der Waals surface area contributed by atoms with Crippen molar-refractivity contribution in [2.75, 3.05) is 13.2 Å². The molecule has 1 saturated heterocycles. The van der Waals surface area contributed by atoms with Gasteiger partial charge in [0.2, 0.25) is 0 Å². The van der Waals surface area contributed by atoms with Crippen molar-refractivity contribution in [3.05, 3.63) is 77.9 Å². The molecule has 0 amide bonds. The summed E-state index contributed by atoms with van der Waals surface area (Å²) in [7, 11) is 0. The second-order valence-corrected chi connectivity index (χ2v) is 7.16. The molecular formula is C22H24FN3O2. The number of rotatable bonds is 7. The van der Waals surface area contributed by atoms with Crippen molar-refractivity contribution in [3.63, 3.8) is 0 Å². The lowest BCUT2D eigenvalue weighted by Gasteiger charge is -2.25. The molecule has 1 unspecified atom stereocenters. The molecule has 3 aromatic rings. The average molecular weight is 381 g/mol. The van der Waals surface area contributed by atoms with Gasteiger partial charge in [0.15, 0.2) is 0 Å². The standard InChI is InChI=1S/C22H24FN3O2/c23-18-6-3-7-20(13-18)26-11-10-19(24-26)15-25(16-21-8-4-12-28-21)14-17-5-1-2-9-22(17)27/h1-3,5-7,9-11,13,21,27H,4,8,12,14-16H2. The third kappa shape index (κ3) is 4.58. The Balaban J connectivity index is 1.51. The fraction of sp³-hybridized carbons (Fsp3) is 0.318. The highest BCUT2D eigenvalue weighted by Crippen LogP contribution is 2.21. The number of benzene rings is 2. The summed E-state index contributed by atoms with van der Waals surface area (Å²) in [6.45, 7) is 2.82. The van der Waals surface area contributed by atoms with Crippen molar-refractivity contribution >= 4 is 0 Å². The molecule has 28 heavy (non-hydrogen) atoms. The molecule has 5 nitrogen and oxygen atoms in total. The number of hydrogen-bond donors (Lipinski definition) is 1. The Bertz CT molecular complexity index is 921. The van der Waals surface area contributed by atoms with E-state index in [2.05, 4.69) is 10.00 Å². The number of phenols is 1. The quantitative estimate of drug-likeness (QED) is 0.674. The molecule has 4 rings (SSSR count). The molecule has 0 bridgehead atoms. The number of aromatic nitrogens is 2. The fourth-order valence-electron chi connectivity index (χ4n) is 3.58. The van der Waals surface area contributed by atoms with Gasteiger partial charge in [-0.05, 0) is 43.2 Å². The van der Waals surface area contributed by atoms with Crippen LogP contribution in [-0.4, -0.2) is 39.0 Å². The van der Waals surface area contributed by atoms with Crippen molar-refractivity contribution in [3.8, 4) is 11.4 Å². The van der Waals surface area contributed by atoms with E-state index < -0.39 is 0 Å². The third-order valence-corrected chi connectivity index (χ3v) is 4.97. The van der Waals surface area contributed by atoms with Gasteiger partial charge in [-0.3, -0.25) is 4.90 Å². The molecule has 146 valence electrons. The summed E-state index contributed by atoms with van der Waals surface area (Å²) >= 11 is 0. The van der Waals surface area contributed by atoms with Gasteiger partial charge in [0.05, 0.1) is 17.5 Å². The van der Waals surface area contributed by atoms with E-state index in [1.54, 1.807) is 16.8 Å². The maximum absolute atomic E-state index is 13.5. The van der Waals surface area contributed by atoms with E-state index in [0.29, 0.717) is 24.5 Å². The molecule has 0 saturated carbocycles. The van der Waals surface area contributed by atoms with E-state index in [0.717, 1.165) is 37.3 Å². The number of nitrogens with zero attached hydrogens (tertiary/aromatic N) is 3. The van der Waals surface area contributed by atoms with Gasteiger partial charge in [-0.25, -0.2) is 9.07 Å². The molecule has 0 spiro atoms. The summed E-state index contributed by atoms with van der Waals surface area (Å²) < 4.78 is 21.0. The molecule has 0 aliphatic carbocycles. The molecule has 1 atom stereocenters. The molecule has 2 heterocycles. The van der Waals surface area contributed by atoms with Gasteiger partial charge in [-0.2, -0.15) is 5.10 Å². The van der Waals surface area contributed by atoms with Crippen molar-refractivity contribution in [1.29, 1.82) is 0 Å². The first-order valence-electron chi connectivity index (χ1n) is 9.59. The van der Waals surface area contributed by atoms with Gasteiger partial charge in [-0.15, -0.1) is 0 Å². The van der Waals surface area contributed by atoms with Gasteiger partial charge in [-0.1, -0.05) is 24.3 Å². The Morgan fingerprint density at radius 2 is 2.04 bits per heavy atom. The second kappa shape index (κ2) is 8.54. The number of ether oxygens (including phenoxy) is 1. The Hall–Kier alpha value is -2.70. The number of para-hydroxylation sites is 1. The smallest absolute Gasteiger partial charge is 0.125 e. The van der Waals surface area contributed by atoms with Crippen LogP contribution < -0.4 is 0 Å². The minimum Gasteiger partial charge on any atom is -0.508 e. The molecule has 1 aliphatic rings. The molecule has 1 aliphatic heterocycles. The lowest BCUT2D eigenvalue weighted by atomic mass is 10.1. The lowest BCUT2D eigenvalue weighted by Crippen LogP contribution is -2.31. The summed E-state index contributed by atoms with van der Waals surface area (Å²) in [5.74, 6) is 0.0132. The van der Waals surface area contributed by atoms with Crippen LogP contribution in [0.2, 0.25) is 0 Å². The van der Waals surface area contributed by atoms with Crippen LogP contribution in [0.25, 0.3) is 5.69 Å². The molecular weight excluding hydrogens is 357 g/mol. The molecule has 1 fully saturated rings. The van der Waals surface area contributed by atoms with Crippen molar-refractivity contribution < 1.29 is 14.2 Å². The Morgan fingerprint density at radius 1 is 1.14 bits per heavy atom. The van der Waals surface area contributed by atoms with Gasteiger partial charge in [0.25, 0.3) is 0 Å². The van der Waals surface area contributed by atoms with Gasteiger partial charge < -0.3 is 9.84 Å². The average Bonchev–Trinajstić information content (AvgIpc) is 3.36. The summed E-state index contributed by atoms with van der Waals surface area (Å²) in [5, 5.41) is 14.8. The van der Waals surface area contributed by atoms with Crippen LogP contribution >= 0.6 is 0 Å². The van der Waals surface area contributed by atoms with Crippen molar-refractivity contribution in [1.82, 2.24) is 14.7 Å². The number of aromatic hydroxyl groups is 1. The van der Waals surface area contributed by atoms with Gasteiger partial charge in [0.1, 0.15) is 11.6 Å². The third-order valence-electron chi connectivity index (χ3n) is 4.97. The first-order chi connectivity index (χ1) is 13.7. The minimum absolute atomic E-state index is 0.205. The zero-order valence-corrected chi connectivity index (χ0v) is 15.7. The monoisotopic (exact) mass is 381 g/mol. The predicted octanol–water partition coefficient (Wildman–Crippen LogP) is 3.90. The van der Waals surface area contributed by atoms with Gasteiger partial charge >= 0.3 is 0 Å². The van der Waals surface area contributed by atoms with Crippen molar-refractivity contribution in [2.24, 2.45) is 0 Å². The van der Waals surface area contributed by atoms with Gasteiger partial charge in [0, 0.05) is 38.0 Å². The Kier molecular flexibility index (Phi) is 5.69. The maximum atomic E-state index is 13.5.